The van der Waals surface area contributed by atoms with Gasteiger partial charge in [0.15, 0.2) is 5.78 Å². The van der Waals surface area contributed by atoms with Crippen LogP contribution in [0.15, 0.2) is 30.3 Å². The molecular formula is C22H32N2O6. The Hall–Kier alpha value is -2.74. The molecule has 166 valence electrons. The van der Waals surface area contributed by atoms with Gasteiger partial charge < -0.3 is 20.5 Å². The number of aliphatic hydroxyl groups excluding tert-OH is 1. The highest BCUT2D eigenvalue weighted by molar-refractivity contribution is 5.93. The number of benzene rings is 1. The Balaban J connectivity index is 2.79. The van der Waals surface area contributed by atoms with Crippen molar-refractivity contribution >= 4 is 23.6 Å². The summed E-state index contributed by atoms with van der Waals surface area (Å²) >= 11 is 0. The van der Waals surface area contributed by atoms with E-state index in [1.54, 1.807) is 0 Å². The van der Waals surface area contributed by atoms with Crippen molar-refractivity contribution in [1.82, 2.24) is 10.6 Å². The van der Waals surface area contributed by atoms with Crippen molar-refractivity contribution < 1.29 is 29.0 Å². The molecule has 0 bridgehead atoms. The van der Waals surface area contributed by atoms with Gasteiger partial charge in [0, 0.05) is 6.42 Å². The average Bonchev–Trinajstić information content (AvgIpc) is 2.77. The molecule has 0 aliphatic carbocycles. The van der Waals surface area contributed by atoms with Crippen LogP contribution in [-0.4, -0.2) is 54.5 Å². The molecule has 0 radical (unpaired) electrons. The van der Waals surface area contributed by atoms with Gasteiger partial charge in [-0.15, -0.1) is 0 Å². The van der Waals surface area contributed by atoms with Crippen LogP contribution in [0.2, 0.25) is 0 Å². The monoisotopic (exact) mass is 420 g/mol. The van der Waals surface area contributed by atoms with E-state index in [0.717, 1.165) is 5.56 Å². The number of nitrogens with one attached hydrogen (secondary N) is 2. The summed E-state index contributed by atoms with van der Waals surface area (Å²) in [6.07, 6.45) is 1.33. The number of carbonyl (C=O) groups is 4. The van der Waals surface area contributed by atoms with Crippen LogP contribution in [0.25, 0.3) is 0 Å². The molecule has 1 aromatic carbocycles. The Morgan fingerprint density at radius 2 is 1.73 bits per heavy atom. The fourth-order valence-corrected chi connectivity index (χ4v) is 2.91. The predicted octanol–water partition coefficient (Wildman–Crippen LogP) is 1.15. The summed E-state index contributed by atoms with van der Waals surface area (Å²) in [5.41, 5.74) is 1.01. The Kier molecular flexibility index (Phi) is 11.4. The van der Waals surface area contributed by atoms with Gasteiger partial charge in [0.1, 0.15) is 12.6 Å². The second-order valence-corrected chi connectivity index (χ2v) is 7.22. The number of carbonyl (C=O) groups excluding carboxylic acids is 4. The van der Waals surface area contributed by atoms with Crippen molar-refractivity contribution in [2.24, 2.45) is 5.92 Å². The number of esters is 1. The first-order valence-electron chi connectivity index (χ1n) is 10.2. The van der Waals surface area contributed by atoms with Crippen molar-refractivity contribution in [3.63, 3.8) is 0 Å². The lowest BCUT2D eigenvalue weighted by atomic mass is 9.96. The van der Waals surface area contributed by atoms with Crippen molar-refractivity contribution in [3.8, 4) is 0 Å². The molecule has 0 spiro atoms. The van der Waals surface area contributed by atoms with Crippen molar-refractivity contribution in [1.29, 1.82) is 0 Å². The molecule has 8 heteroatoms. The number of aryl methyl sites for hydroxylation is 1. The molecule has 3 atom stereocenters. The normalized spacial score (nSPS) is 13.6. The third-order valence-corrected chi connectivity index (χ3v) is 5.02. The Labute approximate surface area is 177 Å². The number of hydrogen-bond acceptors (Lipinski definition) is 6. The fraction of sp³-hybridized carbons (Fsp3) is 0.545. The van der Waals surface area contributed by atoms with Gasteiger partial charge in [0.25, 0.3) is 0 Å². The van der Waals surface area contributed by atoms with E-state index in [2.05, 4.69) is 15.4 Å². The van der Waals surface area contributed by atoms with E-state index in [4.69, 9.17) is 0 Å². The highest BCUT2D eigenvalue weighted by Gasteiger charge is 2.29. The van der Waals surface area contributed by atoms with Gasteiger partial charge in [-0.3, -0.25) is 19.2 Å². The van der Waals surface area contributed by atoms with E-state index in [0.29, 0.717) is 19.3 Å². The molecule has 0 aromatic heterocycles. The highest BCUT2D eigenvalue weighted by Crippen LogP contribution is 2.11. The molecule has 0 fully saturated rings. The van der Waals surface area contributed by atoms with Gasteiger partial charge in [-0.1, -0.05) is 50.6 Å². The van der Waals surface area contributed by atoms with Crippen molar-refractivity contribution in [2.75, 3.05) is 13.7 Å². The Bertz CT molecular complexity index is 707. The van der Waals surface area contributed by atoms with Crippen LogP contribution >= 0.6 is 0 Å². The minimum absolute atomic E-state index is 0.0835. The van der Waals surface area contributed by atoms with E-state index in [9.17, 15) is 24.3 Å². The number of aliphatic hydroxyl groups is 1. The summed E-state index contributed by atoms with van der Waals surface area (Å²) in [7, 11) is 1.24. The Morgan fingerprint density at radius 1 is 1.07 bits per heavy atom. The number of ketones is 1. The Morgan fingerprint density at radius 3 is 2.30 bits per heavy atom. The zero-order valence-electron chi connectivity index (χ0n) is 17.8. The topological polar surface area (TPSA) is 122 Å². The van der Waals surface area contributed by atoms with Crippen LogP contribution in [0.4, 0.5) is 0 Å². The number of ether oxygens (including phenoxy) is 1. The lowest BCUT2D eigenvalue weighted by Gasteiger charge is -2.26. The zero-order chi connectivity index (χ0) is 22.5. The number of rotatable bonds is 13. The number of amides is 2. The average molecular weight is 421 g/mol. The smallest absolute Gasteiger partial charge is 0.306 e. The maximum atomic E-state index is 12.9. The first-order chi connectivity index (χ1) is 14.3. The third-order valence-electron chi connectivity index (χ3n) is 5.02. The first-order valence-corrected chi connectivity index (χ1v) is 10.2. The van der Waals surface area contributed by atoms with Crippen LogP contribution in [0.1, 0.15) is 45.1 Å². The summed E-state index contributed by atoms with van der Waals surface area (Å²) in [6, 6.07) is 7.80. The molecule has 0 aliphatic rings. The summed E-state index contributed by atoms with van der Waals surface area (Å²) in [5.74, 6) is -2.12. The molecule has 0 saturated heterocycles. The second-order valence-electron chi connectivity index (χ2n) is 7.22. The van der Waals surface area contributed by atoms with E-state index in [-0.39, 0.29) is 18.8 Å². The van der Waals surface area contributed by atoms with Gasteiger partial charge >= 0.3 is 5.97 Å². The maximum absolute atomic E-state index is 12.9. The number of hydrogen-bond donors (Lipinski definition) is 3. The molecule has 0 aliphatic heterocycles. The lowest BCUT2D eigenvalue weighted by Crippen LogP contribution is -2.54. The molecule has 8 nitrogen and oxygen atoms in total. The van der Waals surface area contributed by atoms with Gasteiger partial charge in [0.05, 0.1) is 19.6 Å². The van der Waals surface area contributed by atoms with Gasteiger partial charge in [0.2, 0.25) is 11.8 Å². The molecule has 3 N–H and O–H groups in total. The molecule has 1 aromatic rings. The number of methoxy groups -OCH3 is 1. The van der Waals surface area contributed by atoms with Gasteiger partial charge in [-0.05, 0) is 24.3 Å². The fourth-order valence-electron chi connectivity index (χ4n) is 2.91. The zero-order valence-corrected chi connectivity index (χ0v) is 17.8. The highest BCUT2D eigenvalue weighted by atomic mass is 16.5. The minimum Gasteiger partial charge on any atom is -0.469 e. The van der Waals surface area contributed by atoms with E-state index in [1.165, 1.54) is 7.11 Å². The van der Waals surface area contributed by atoms with Crippen molar-refractivity contribution in [2.45, 2.75) is 58.0 Å². The van der Waals surface area contributed by atoms with E-state index < -0.39 is 42.3 Å². The van der Waals surface area contributed by atoms with Crippen LogP contribution in [0.3, 0.4) is 0 Å². The molecule has 0 saturated carbocycles. The van der Waals surface area contributed by atoms with Gasteiger partial charge in [-0.2, -0.15) is 0 Å². The van der Waals surface area contributed by atoms with E-state index in [1.807, 2.05) is 44.2 Å². The predicted molar refractivity (Wildman–Crippen MR) is 111 cm³/mol. The molecule has 2 amide bonds. The molecule has 1 rings (SSSR count). The van der Waals surface area contributed by atoms with Crippen LogP contribution < -0.4 is 10.6 Å². The lowest BCUT2D eigenvalue weighted by molar-refractivity contribution is -0.142. The standard InChI is InChI=1S/C22H32N2O6/c1-4-15(2)21(24-19(27)12-13-20(28)30-3)22(29)23-17(18(26)14-25)11-10-16-8-6-5-7-9-16/h5-9,15,17,21,25H,4,10-14H2,1-3H3,(H,23,29)(H,24,27)/t15-,17+,21+/m1/s1. The molecular weight excluding hydrogens is 388 g/mol. The maximum Gasteiger partial charge on any atom is 0.306 e. The SMILES string of the molecule is CC[C@@H](C)[C@H](NC(=O)CCC(=O)OC)C(=O)N[C@@H](CCc1ccccc1)C(=O)CO. The van der Waals surface area contributed by atoms with Crippen LogP contribution in [0.5, 0.6) is 0 Å². The molecule has 30 heavy (non-hydrogen) atoms. The summed E-state index contributed by atoms with van der Waals surface area (Å²) < 4.78 is 4.52. The van der Waals surface area contributed by atoms with Gasteiger partial charge in [-0.25, -0.2) is 0 Å². The number of Topliss-reactive ketones (excluding diaryl/α,β-unsaturated/α-hetero) is 1. The summed E-state index contributed by atoms with van der Waals surface area (Å²) in [4.78, 5) is 48.4. The molecule has 0 heterocycles. The minimum atomic E-state index is -0.860. The van der Waals surface area contributed by atoms with Crippen molar-refractivity contribution in [3.05, 3.63) is 35.9 Å². The van der Waals surface area contributed by atoms with E-state index >= 15 is 0 Å². The summed E-state index contributed by atoms with van der Waals surface area (Å²) in [5, 5.41) is 14.6. The van der Waals surface area contributed by atoms with Crippen LogP contribution in [-0.2, 0) is 30.3 Å². The van der Waals surface area contributed by atoms with Crippen LogP contribution in [0, 0.1) is 5.92 Å². The molecule has 0 unspecified atom stereocenters. The largest absolute Gasteiger partial charge is 0.469 e. The first kappa shape index (κ1) is 25.3. The second kappa shape index (κ2) is 13.5. The quantitative estimate of drug-likeness (QED) is 0.412. The third kappa shape index (κ3) is 8.73. The summed E-state index contributed by atoms with van der Waals surface area (Å²) in [6.45, 7) is 3.02.